The standard InChI is InChI=1S/C18H17N3O2S/c1-23-16-10-6-5-9-14(16)19-12-21-17(22)15(20-18(21)24)11-13-7-3-2-4-8-13/h2-11,19H,12H2,1H3,(H,20,24). The summed E-state index contributed by atoms with van der Waals surface area (Å²) in [6.07, 6.45) is 1.79. The average Bonchev–Trinajstić information content (AvgIpc) is 2.87. The van der Waals surface area contributed by atoms with Gasteiger partial charge in [0, 0.05) is 0 Å². The van der Waals surface area contributed by atoms with E-state index >= 15 is 0 Å². The quantitative estimate of drug-likeness (QED) is 0.648. The normalized spacial score (nSPS) is 15.5. The molecule has 5 nitrogen and oxygen atoms in total. The minimum absolute atomic E-state index is 0.161. The highest BCUT2D eigenvalue weighted by Gasteiger charge is 2.30. The molecule has 24 heavy (non-hydrogen) atoms. The number of benzene rings is 2. The topological polar surface area (TPSA) is 53.6 Å². The summed E-state index contributed by atoms with van der Waals surface area (Å²) in [5, 5.41) is 6.52. The molecular formula is C18H17N3O2S. The van der Waals surface area contributed by atoms with Gasteiger partial charge in [0.15, 0.2) is 5.11 Å². The number of rotatable bonds is 5. The number of carbonyl (C=O) groups excluding carboxylic acids is 1. The smallest absolute Gasteiger partial charge is 0.278 e. The zero-order valence-electron chi connectivity index (χ0n) is 13.2. The number of nitrogens with one attached hydrogen (secondary N) is 2. The molecule has 1 heterocycles. The Morgan fingerprint density at radius 3 is 2.62 bits per heavy atom. The van der Waals surface area contributed by atoms with Crippen molar-refractivity contribution in [3.05, 3.63) is 65.9 Å². The minimum Gasteiger partial charge on any atom is -0.495 e. The van der Waals surface area contributed by atoms with Gasteiger partial charge in [-0.25, -0.2) is 0 Å². The zero-order chi connectivity index (χ0) is 16.9. The molecular weight excluding hydrogens is 322 g/mol. The fourth-order valence-electron chi connectivity index (χ4n) is 2.39. The maximum Gasteiger partial charge on any atom is 0.278 e. The van der Waals surface area contributed by atoms with E-state index in [2.05, 4.69) is 10.6 Å². The molecule has 0 radical (unpaired) electrons. The zero-order valence-corrected chi connectivity index (χ0v) is 14.0. The van der Waals surface area contributed by atoms with Crippen LogP contribution in [-0.4, -0.2) is 29.7 Å². The number of amides is 1. The van der Waals surface area contributed by atoms with Crippen LogP contribution < -0.4 is 15.4 Å². The summed E-state index contributed by atoms with van der Waals surface area (Å²) in [7, 11) is 1.61. The molecule has 0 aromatic heterocycles. The number of ether oxygens (including phenoxy) is 1. The molecule has 3 rings (SSSR count). The van der Waals surface area contributed by atoms with Gasteiger partial charge in [0.25, 0.3) is 5.91 Å². The molecule has 6 heteroatoms. The summed E-state index contributed by atoms with van der Waals surface area (Å²) in [6.45, 7) is 0.261. The van der Waals surface area contributed by atoms with Gasteiger partial charge in [0.05, 0.1) is 19.5 Å². The predicted octanol–water partition coefficient (Wildman–Crippen LogP) is 2.82. The third-order valence-corrected chi connectivity index (χ3v) is 3.93. The third kappa shape index (κ3) is 3.38. The molecule has 1 aliphatic rings. The lowest BCUT2D eigenvalue weighted by Gasteiger charge is -2.17. The van der Waals surface area contributed by atoms with Crippen molar-refractivity contribution in [3.63, 3.8) is 0 Å². The monoisotopic (exact) mass is 339 g/mol. The lowest BCUT2D eigenvalue weighted by Crippen LogP contribution is -2.35. The fourth-order valence-corrected chi connectivity index (χ4v) is 2.64. The Balaban J connectivity index is 1.72. The summed E-state index contributed by atoms with van der Waals surface area (Å²) in [4.78, 5) is 14.0. The number of hydrogen-bond donors (Lipinski definition) is 2. The van der Waals surface area contributed by atoms with Gasteiger partial charge >= 0.3 is 0 Å². The van der Waals surface area contributed by atoms with Gasteiger partial charge in [-0.05, 0) is 36.0 Å². The molecule has 0 bridgehead atoms. The van der Waals surface area contributed by atoms with E-state index < -0.39 is 0 Å². The predicted molar refractivity (Wildman–Crippen MR) is 98.5 cm³/mol. The van der Waals surface area contributed by atoms with Crippen molar-refractivity contribution in [1.82, 2.24) is 10.2 Å². The highest BCUT2D eigenvalue weighted by atomic mass is 32.1. The first-order valence-electron chi connectivity index (χ1n) is 7.45. The number of hydrogen-bond acceptors (Lipinski definition) is 4. The maximum absolute atomic E-state index is 12.5. The molecule has 122 valence electrons. The molecule has 0 saturated carbocycles. The second kappa shape index (κ2) is 7.14. The number of methoxy groups -OCH3 is 1. The molecule has 0 atom stereocenters. The Kier molecular flexibility index (Phi) is 4.77. The van der Waals surface area contributed by atoms with Crippen LogP contribution in [0.1, 0.15) is 5.56 Å². The van der Waals surface area contributed by atoms with Crippen molar-refractivity contribution < 1.29 is 9.53 Å². The van der Waals surface area contributed by atoms with Crippen LogP contribution in [-0.2, 0) is 4.79 Å². The van der Waals surface area contributed by atoms with Crippen molar-refractivity contribution in [2.24, 2.45) is 0 Å². The van der Waals surface area contributed by atoms with Crippen LogP contribution in [0.5, 0.6) is 5.75 Å². The number of para-hydroxylation sites is 2. The number of nitrogens with zero attached hydrogens (tertiary/aromatic N) is 1. The van der Waals surface area contributed by atoms with Crippen molar-refractivity contribution in [2.45, 2.75) is 0 Å². The number of carbonyl (C=O) groups is 1. The van der Waals surface area contributed by atoms with E-state index in [1.807, 2.05) is 54.6 Å². The first kappa shape index (κ1) is 16.0. The SMILES string of the molecule is COc1ccccc1NCN1C(=O)C(=Cc2ccccc2)NC1=S. The molecule has 0 spiro atoms. The van der Waals surface area contributed by atoms with Crippen LogP contribution in [0.2, 0.25) is 0 Å². The lowest BCUT2D eigenvalue weighted by molar-refractivity contribution is -0.122. The second-order valence-corrected chi connectivity index (χ2v) is 5.55. The Hall–Kier alpha value is -2.86. The summed E-state index contributed by atoms with van der Waals surface area (Å²) >= 11 is 5.27. The van der Waals surface area contributed by atoms with Gasteiger partial charge in [0.1, 0.15) is 11.4 Å². The third-order valence-electron chi connectivity index (χ3n) is 3.61. The molecule has 0 aliphatic carbocycles. The van der Waals surface area contributed by atoms with Gasteiger partial charge in [0.2, 0.25) is 0 Å². The van der Waals surface area contributed by atoms with Crippen LogP contribution >= 0.6 is 12.2 Å². The molecule has 2 aromatic carbocycles. The van der Waals surface area contributed by atoms with Crippen LogP contribution in [0.4, 0.5) is 5.69 Å². The van der Waals surface area contributed by atoms with Crippen LogP contribution in [0.25, 0.3) is 6.08 Å². The summed E-state index contributed by atoms with van der Waals surface area (Å²) in [5.74, 6) is 0.550. The average molecular weight is 339 g/mol. The van der Waals surface area contributed by atoms with Crippen molar-refractivity contribution in [3.8, 4) is 5.75 Å². The number of anilines is 1. The first-order chi connectivity index (χ1) is 11.7. The summed E-state index contributed by atoms with van der Waals surface area (Å²) in [5.41, 5.74) is 2.21. The summed E-state index contributed by atoms with van der Waals surface area (Å²) < 4.78 is 5.29. The maximum atomic E-state index is 12.5. The van der Waals surface area contributed by atoms with E-state index in [0.717, 1.165) is 11.3 Å². The fraction of sp³-hybridized carbons (Fsp3) is 0.111. The largest absolute Gasteiger partial charge is 0.495 e. The molecule has 1 saturated heterocycles. The highest BCUT2D eigenvalue weighted by molar-refractivity contribution is 7.80. The van der Waals surface area contributed by atoms with Crippen molar-refractivity contribution in [1.29, 1.82) is 0 Å². The molecule has 2 aromatic rings. The Labute approximate surface area is 145 Å². The summed E-state index contributed by atoms with van der Waals surface area (Å²) in [6, 6.07) is 17.2. The number of thiocarbonyl (C=S) groups is 1. The molecule has 0 unspecified atom stereocenters. The highest BCUT2D eigenvalue weighted by Crippen LogP contribution is 2.23. The molecule has 1 aliphatic heterocycles. The van der Waals surface area contributed by atoms with Crippen LogP contribution in [0, 0.1) is 0 Å². The van der Waals surface area contributed by atoms with Crippen LogP contribution in [0.15, 0.2) is 60.3 Å². The minimum atomic E-state index is -0.161. The second-order valence-electron chi connectivity index (χ2n) is 5.17. The van der Waals surface area contributed by atoms with E-state index in [0.29, 0.717) is 16.6 Å². The van der Waals surface area contributed by atoms with E-state index in [1.54, 1.807) is 13.2 Å². The molecule has 1 fully saturated rings. The van der Waals surface area contributed by atoms with Gasteiger partial charge in [-0.2, -0.15) is 0 Å². The van der Waals surface area contributed by atoms with Gasteiger partial charge in [-0.15, -0.1) is 0 Å². The Morgan fingerprint density at radius 2 is 1.88 bits per heavy atom. The van der Waals surface area contributed by atoms with Crippen LogP contribution in [0.3, 0.4) is 0 Å². The lowest BCUT2D eigenvalue weighted by atomic mass is 10.2. The van der Waals surface area contributed by atoms with E-state index in [-0.39, 0.29) is 12.6 Å². The Bertz CT molecular complexity index is 790. The van der Waals surface area contributed by atoms with Gasteiger partial charge in [-0.1, -0.05) is 42.5 Å². The van der Waals surface area contributed by atoms with Gasteiger partial charge < -0.3 is 15.4 Å². The first-order valence-corrected chi connectivity index (χ1v) is 7.86. The van der Waals surface area contributed by atoms with Gasteiger partial charge in [-0.3, -0.25) is 9.69 Å². The molecule has 1 amide bonds. The Morgan fingerprint density at radius 1 is 1.17 bits per heavy atom. The molecule has 2 N–H and O–H groups in total. The van der Waals surface area contributed by atoms with E-state index in [4.69, 9.17) is 17.0 Å². The van der Waals surface area contributed by atoms with Crippen molar-refractivity contribution >= 4 is 35.0 Å². The van der Waals surface area contributed by atoms with E-state index in [9.17, 15) is 4.79 Å². The van der Waals surface area contributed by atoms with Crippen molar-refractivity contribution in [2.75, 3.05) is 19.1 Å². The van der Waals surface area contributed by atoms with E-state index in [1.165, 1.54) is 4.90 Å².